The van der Waals surface area contributed by atoms with Crippen LogP contribution in [0.4, 0.5) is 5.13 Å². The van der Waals surface area contributed by atoms with Gasteiger partial charge < -0.3 is 9.47 Å². The number of aryl methyl sites for hydroxylation is 1. The smallest absolute Gasteiger partial charge is 0.250 e. The summed E-state index contributed by atoms with van der Waals surface area (Å²) < 4.78 is 10.4. The van der Waals surface area contributed by atoms with E-state index in [1.165, 1.54) is 17.4 Å². The maximum absolute atomic E-state index is 11.8. The van der Waals surface area contributed by atoms with E-state index in [1.807, 2.05) is 24.4 Å². The zero-order chi connectivity index (χ0) is 15.2. The van der Waals surface area contributed by atoms with E-state index in [4.69, 9.17) is 9.47 Å². The quantitative estimate of drug-likeness (QED) is 0.862. The molecule has 2 rings (SSSR count). The number of rotatable bonds is 5. The Bertz CT molecular complexity index is 642. The van der Waals surface area contributed by atoms with Crippen LogP contribution in [-0.4, -0.2) is 25.1 Å². The molecule has 0 aliphatic rings. The Morgan fingerprint density at radius 3 is 2.43 bits per heavy atom. The topological polar surface area (TPSA) is 60.5 Å². The summed E-state index contributed by atoms with van der Waals surface area (Å²) in [5.74, 6) is 1.11. The number of aromatic nitrogens is 1. The summed E-state index contributed by atoms with van der Waals surface area (Å²) in [6, 6.07) is 5.41. The van der Waals surface area contributed by atoms with Crippen LogP contribution in [0, 0.1) is 6.92 Å². The zero-order valence-corrected chi connectivity index (χ0v) is 12.9. The summed E-state index contributed by atoms with van der Waals surface area (Å²) in [6.45, 7) is 1.88. The van der Waals surface area contributed by atoms with E-state index in [9.17, 15) is 4.79 Å². The third kappa shape index (κ3) is 4.32. The average Bonchev–Trinajstić information content (AvgIpc) is 2.89. The van der Waals surface area contributed by atoms with E-state index in [0.717, 1.165) is 11.3 Å². The van der Waals surface area contributed by atoms with Crippen molar-refractivity contribution in [1.82, 2.24) is 4.98 Å². The highest BCUT2D eigenvalue weighted by Gasteiger charge is 2.03. The fourth-order valence-corrected chi connectivity index (χ4v) is 2.35. The standard InChI is InChI=1S/C15H16N2O3S/c1-10-9-21-15(16-10)17-14(18)5-4-11-6-12(19-2)8-13(7-11)20-3/h4-9H,1-3H3,(H,16,17,18)/b5-4+. The lowest BCUT2D eigenvalue weighted by Gasteiger charge is -2.05. The first-order valence-electron chi connectivity index (χ1n) is 6.25. The number of carbonyl (C=O) groups excluding carboxylic acids is 1. The number of methoxy groups -OCH3 is 2. The van der Waals surface area contributed by atoms with Gasteiger partial charge in [-0.2, -0.15) is 0 Å². The molecule has 1 amide bonds. The minimum Gasteiger partial charge on any atom is -0.497 e. The molecule has 0 spiro atoms. The van der Waals surface area contributed by atoms with Gasteiger partial charge in [-0.15, -0.1) is 11.3 Å². The number of anilines is 1. The van der Waals surface area contributed by atoms with E-state index in [-0.39, 0.29) is 5.91 Å². The molecule has 0 aliphatic carbocycles. The fraction of sp³-hybridized carbons (Fsp3) is 0.200. The van der Waals surface area contributed by atoms with Crippen molar-refractivity contribution in [3.8, 4) is 11.5 Å². The number of ether oxygens (including phenoxy) is 2. The van der Waals surface area contributed by atoms with Gasteiger partial charge in [0, 0.05) is 17.5 Å². The largest absolute Gasteiger partial charge is 0.497 e. The van der Waals surface area contributed by atoms with Crippen LogP contribution in [-0.2, 0) is 4.79 Å². The number of carbonyl (C=O) groups is 1. The fourth-order valence-electron chi connectivity index (χ4n) is 1.66. The van der Waals surface area contributed by atoms with Gasteiger partial charge in [-0.3, -0.25) is 10.1 Å². The third-order valence-corrected chi connectivity index (χ3v) is 3.53. The molecule has 21 heavy (non-hydrogen) atoms. The predicted molar refractivity (Wildman–Crippen MR) is 84.1 cm³/mol. The molecular weight excluding hydrogens is 288 g/mol. The van der Waals surface area contributed by atoms with Crippen LogP contribution in [0.2, 0.25) is 0 Å². The van der Waals surface area contributed by atoms with Gasteiger partial charge in [0.15, 0.2) is 5.13 Å². The lowest BCUT2D eigenvalue weighted by atomic mass is 10.2. The van der Waals surface area contributed by atoms with Crippen LogP contribution in [0.25, 0.3) is 6.08 Å². The van der Waals surface area contributed by atoms with Gasteiger partial charge in [0.2, 0.25) is 5.91 Å². The average molecular weight is 304 g/mol. The maximum Gasteiger partial charge on any atom is 0.250 e. The van der Waals surface area contributed by atoms with Gasteiger partial charge in [0.05, 0.1) is 19.9 Å². The molecule has 0 atom stereocenters. The van der Waals surface area contributed by atoms with Crippen LogP contribution < -0.4 is 14.8 Å². The second-order valence-electron chi connectivity index (χ2n) is 4.26. The second-order valence-corrected chi connectivity index (χ2v) is 5.12. The molecule has 0 bridgehead atoms. The summed E-state index contributed by atoms with van der Waals surface area (Å²) in [6.07, 6.45) is 3.14. The van der Waals surface area contributed by atoms with Crippen molar-refractivity contribution in [2.24, 2.45) is 0 Å². The summed E-state index contributed by atoms with van der Waals surface area (Å²) in [7, 11) is 3.17. The Labute approximate surface area is 127 Å². The van der Waals surface area contributed by atoms with Gasteiger partial charge >= 0.3 is 0 Å². The monoisotopic (exact) mass is 304 g/mol. The van der Waals surface area contributed by atoms with E-state index in [2.05, 4.69) is 10.3 Å². The highest BCUT2D eigenvalue weighted by Crippen LogP contribution is 2.23. The Morgan fingerprint density at radius 2 is 1.90 bits per heavy atom. The Morgan fingerprint density at radius 1 is 1.24 bits per heavy atom. The third-order valence-electron chi connectivity index (χ3n) is 2.65. The van der Waals surface area contributed by atoms with Crippen molar-refractivity contribution < 1.29 is 14.3 Å². The number of nitrogens with one attached hydrogen (secondary N) is 1. The lowest BCUT2D eigenvalue weighted by Crippen LogP contribution is -2.07. The molecular formula is C15H16N2O3S. The minimum atomic E-state index is -0.230. The van der Waals surface area contributed by atoms with E-state index in [0.29, 0.717) is 16.6 Å². The molecule has 1 aromatic carbocycles. The predicted octanol–water partition coefficient (Wildman–Crippen LogP) is 3.12. The molecule has 5 nitrogen and oxygen atoms in total. The van der Waals surface area contributed by atoms with E-state index in [1.54, 1.807) is 26.4 Å². The van der Waals surface area contributed by atoms with Gasteiger partial charge in [-0.05, 0) is 30.7 Å². The van der Waals surface area contributed by atoms with Crippen LogP contribution in [0.5, 0.6) is 11.5 Å². The molecule has 110 valence electrons. The number of thiazole rings is 1. The minimum absolute atomic E-state index is 0.230. The highest BCUT2D eigenvalue weighted by atomic mass is 32.1. The van der Waals surface area contributed by atoms with Crippen LogP contribution in [0.3, 0.4) is 0 Å². The SMILES string of the molecule is COc1cc(/C=C/C(=O)Nc2nc(C)cs2)cc(OC)c1. The first-order chi connectivity index (χ1) is 10.1. The first kappa shape index (κ1) is 15.1. The summed E-state index contributed by atoms with van der Waals surface area (Å²) >= 11 is 1.39. The van der Waals surface area contributed by atoms with Crippen molar-refractivity contribution in [1.29, 1.82) is 0 Å². The lowest BCUT2D eigenvalue weighted by molar-refractivity contribution is -0.111. The van der Waals surface area contributed by atoms with Crippen molar-refractivity contribution in [2.75, 3.05) is 19.5 Å². The molecule has 0 fully saturated rings. The number of hydrogen-bond acceptors (Lipinski definition) is 5. The van der Waals surface area contributed by atoms with E-state index >= 15 is 0 Å². The molecule has 0 saturated heterocycles. The van der Waals surface area contributed by atoms with Crippen molar-refractivity contribution >= 4 is 28.5 Å². The Balaban J connectivity index is 2.07. The van der Waals surface area contributed by atoms with E-state index < -0.39 is 0 Å². The second kappa shape index (κ2) is 6.90. The van der Waals surface area contributed by atoms with Gasteiger partial charge in [-0.25, -0.2) is 4.98 Å². The normalized spacial score (nSPS) is 10.6. The molecule has 1 heterocycles. The number of nitrogens with zero attached hydrogens (tertiary/aromatic N) is 1. The van der Waals surface area contributed by atoms with Crippen LogP contribution in [0.1, 0.15) is 11.3 Å². The van der Waals surface area contributed by atoms with Gasteiger partial charge in [-0.1, -0.05) is 0 Å². The van der Waals surface area contributed by atoms with Crippen molar-refractivity contribution in [3.05, 3.63) is 40.9 Å². The van der Waals surface area contributed by atoms with Gasteiger partial charge in [0.25, 0.3) is 0 Å². The van der Waals surface area contributed by atoms with Crippen molar-refractivity contribution in [3.63, 3.8) is 0 Å². The zero-order valence-electron chi connectivity index (χ0n) is 12.0. The Hall–Kier alpha value is -2.34. The van der Waals surface area contributed by atoms with Gasteiger partial charge in [0.1, 0.15) is 11.5 Å². The molecule has 1 N–H and O–H groups in total. The van der Waals surface area contributed by atoms with Crippen LogP contribution in [0.15, 0.2) is 29.7 Å². The molecule has 0 unspecified atom stereocenters. The van der Waals surface area contributed by atoms with Crippen molar-refractivity contribution in [2.45, 2.75) is 6.92 Å². The summed E-state index contributed by atoms with van der Waals surface area (Å²) in [4.78, 5) is 16.0. The number of amides is 1. The molecule has 2 aromatic rings. The molecule has 0 aliphatic heterocycles. The number of benzene rings is 1. The molecule has 0 radical (unpaired) electrons. The molecule has 0 saturated carbocycles. The first-order valence-corrected chi connectivity index (χ1v) is 7.13. The highest BCUT2D eigenvalue weighted by molar-refractivity contribution is 7.13. The summed E-state index contributed by atoms with van der Waals surface area (Å²) in [5, 5.41) is 5.18. The van der Waals surface area contributed by atoms with Crippen LogP contribution >= 0.6 is 11.3 Å². The summed E-state index contributed by atoms with van der Waals surface area (Å²) in [5.41, 5.74) is 1.70. The molecule has 1 aromatic heterocycles. The Kier molecular flexibility index (Phi) is 4.94. The molecule has 6 heteroatoms. The maximum atomic E-state index is 11.8. The number of hydrogen-bond donors (Lipinski definition) is 1.